The van der Waals surface area contributed by atoms with Gasteiger partial charge in [0.25, 0.3) is 0 Å². The lowest BCUT2D eigenvalue weighted by atomic mass is 9.92. The third-order valence-electron chi connectivity index (χ3n) is 2.26. The molecule has 0 aliphatic carbocycles. The van der Waals surface area contributed by atoms with Gasteiger partial charge in [-0.1, -0.05) is 40.5 Å². The Balaban J connectivity index is 0. The van der Waals surface area contributed by atoms with Crippen LogP contribution in [0.4, 0.5) is 0 Å². The Hall–Kier alpha value is 0.0200. The molecule has 2 N–H and O–H groups in total. The maximum absolute atomic E-state index is 8.70. The first-order valence-corrected chi connectivity index (χ1v) is 5.47. The van der Waals surface area contributed by atoms with Gasteiger partial charge in [-0.25, -0.2) is 0 Å². The van der Waals surface area contributed by atoms with Crippen LogP contribution < -0.4 is 0 Å². The molecule has 0 rings (SSSR count). The highest BCUT2D eigenvalue weighted by Crippen LogP contribution is 2.16. The molecule has 0 spiro atoms. The van der Waals surface area contributed by atoms with E-state index in [-0.39, 0.29) is 0 Å². The molecular weight excluding hydrogens is 175 g/mol. The molecule has 0 fully saturated rings. The minimum atomic E-state index is -2.87. The van der Waals surface area contributed by atoms with Crippen LogP contribution in [0.5, 0.6) is 0 Å². The fraction of sp³-hybridized carbons (Fsp3) is 1.00. The van der Waals surface area contributed by atoms with Crippen LogP contribution in [0.3, 0.4) is 0 Å². The Bertz CT molecular complexity index is 105. The van der Waals surface area contributed by atoms with E-state index < -0.39 is 8.25 Å². The summed E-state index contributed by atoms with van der Waals surface area (Å²) in [6.45, 7) is 9.18. The molecule has 0 saturated carbocycles. The summed E-state index contributed by atoms with van der Waals surface area (Å²) in [5.74, 6) is 1.83. The monoisotopic (exact) mass is 195 g/mol. The molecule has 0 aliphatic heterocycles. The normalized spacial score (nSPS) is 14.2. The second-order valence-electron chi connectivity index (χ2n) is 3.02. The molecule has 0 saturated heterocycles. The SMILES string of the molecule is CCC(C)C(C)CC.O=[P+](O)O. The first-order chi connectivity index (χ1) is 5.45. The molecule has 0 aromatic carbocycles. The standard InChI is InChI=1S/C8H18.HO3P/c1-5-7(3)8(4)6-2;1-4(2)3/h7-8H,5-6H2,1-4H3;(H-,1,2,3)/p+1. The lowest BCUT2D eigenvalue weighted by Gasteiger charge is -2.14. The highest BCUT2D eigenvalue weighted by atomic mass is 31.1. The molecule has 12 heavy (non-hydrogen) atoms. The summed E-state index contributed by atoms with van der Waals surface area (Å²) in [6.07, 6.45) is 2.66. The second kappa shape index (κ2) is 9.11. The Morgan fingerprint density at radius 1 is 1.08 bits per heavy atom. The van der Waals surface area contributed by atoms with E-state index in [0.717, 1.165) is 11.8 Å². The van der Waals surface area contributed by atoms with Crippen LogP contribution in [-0.4, -0.2) is 9.79 Å². The summed E-state index contributed by atoms with van der Waals surface area (Å²) in [7, 11) is -2.87. The van der Waals surface area contributed by atoms with Crippen LogP contribution in [0.1, 0.15) is 40.5 Å². The van der Waals surface area contributed by atoms with Crippen molar-refractivity contribution >= 4 is 8.25 Å². The molecule has 0 heterocycles. The Morgan fingerprint density at radius 3 is 1.33 bits per heavy atom. The van der Waals surface area contributed by atoms with Crippen molar-refractivity contribution in [1.29, 1.82) is 0 Å². The van der Waals surface area contributed by atoms with Gasteiger partial charge < -0.3 is 0 Å². The Kier molecular flexibility index (Phi) is 11.0. The fourth-order valence-corrected chi connectivity index (χ4v) is 0.805. The smallest absolute Gasteiger partial charge is 0.134 e. The molecule has 0 bridgehead atoms. The van der Waals surface area contributed by atoms with Crippen LogP contribution in [0, 0.1) is 11.8 Å². The largest absolute Gasteiger partial charge is 0.692 e. The summed E-state index contributed by atoms with van der Waals surface area (Å²) in [5, 5.41) is 0. The molecule has 0 aromatic heterocycles. The van der Waals surface area contributed by atoms with Crippen molar-refractivity contribution < 1.29 is 14.4 Å². The number of rotatable bonds is 3. The highest BCUT2D eigenvalue weighted by molar-refractivity contribution is 7.30. The third-order valence-corrected chi connectivity index (χ3v) is 2.26. The lowest BCUT2D eigenvalue weighted by molar-refractivity contribution is 0.367. The molecule has 74 valence electrons. The highest BCUT2D eigenvalue weighted by Gasteiger charge is 2.05. The molecule has 2 atom stereocenters. The van der Waals surface area contributed by atoms with E-state index in [2.05, 4.69) is 27.7 Å². The van der Waals surface area contributed by atoms with Gasteiger partial charge in [0.1, 0.15) is 0 Å². The van der Waals surface area contributed by atoms with Crippen molar-refractivity contribution in [2.45, 2.75) is 40.5 Å². The predicted molar refractivity (Wildman–Crippen MR) is 51.0 cm³/mol. The van der Waals surface area contributed by atoms with E-state index in [1.165, 1.54) is 12.8 Å². The van der Waals surface area contributed by atoms with Gasteiger partial charge >= 0.3 is 8.25 Å². The molecule has 2 unspecified atom stereocenters. The molecule has 4 heteroatoms. The minimum Gasteiger partial charge on any atom is -0.134 e. The maximum atomic E-state index is 8.70. The van der Waals surface area contributed by atoms with Crippen molar-refractivity contribution in [2.75, 3.05) is 0 Å². The third kappa shape index (κ3) is 12.7. The van der Waals surface area contributed by atoms with Crippen LogP contribution in [0.2, 0.25) is 0 Å². The zero-order valence-electron chi connectivity index (χ0n) is 8.32. The summed E-state index contributed by atoms with van der Waals surface area (Å²) in [5.41, 5.74) is 0. The molecule has 3 nitrogen and oxygen atoms in total. The topological polar surface area (TPSA) is 57.5 Å². The Morgan fingerprint density at radius 2 is 1.25 bits per heavy atom. The van der Waals surface area contributed by atoms with E-state index >= 15 is 0 Å². The molecule has 0 radical (unpaired) electrons. The van der Waals surface area contributed by atoms with Gasteiger partial charge in [0.2, 0.25) is 0 Å². The average Bonchev–Trinajstić information content (AvgIpc) is 2.00. The summed E-state index contributed by atoms with van der Waals surface area (Å²) < 4.78 is 8.70. The number of hydrogen-bond donors (Lipinski definition) is 2. The first-order valence-electron chi connectivity index (χ1n) is 4.30. The quantitative estimate of drug-likeness (QED) is 0.681. The second-order valence-corrected chi connectivity index (χ2v) is 3.53. The molecule has 0 aliphatic rings. The van der Waals surface area contributed by atoms with Crippen LogP contribution >= 0.6 is 8.25 Å². The van der Waals surface area contributed by atoms with Crippen molar-refractivity contribution in [1.82, 2.24) is 0 Å². The fourth-order valence-electron chi connectivity index (χ4n) is 0.805. The molecule has 0 aromatic rings. The lowest BCUT2D eigenvalue weighted by Crippen LogP contribution is -2.04. The Labute approximate surface area is 75.8 Å². The van der Waals surface area contributed by atoms with Crippen molar-refractivity contribution in [3.8, 4) is 0 Å². The van der Waals surface area contributed by atoms with Crippen molar-refractivity contribution in [3.63, 3.8) is 0 Å². The van der Waals surface area contributed by atoms with Crippen LogP contribution in [-0.2, 0) is 4.57 Å². The molecular formula is C8H20O3P+. The van der Waals surface area contributed by atoms with Gasteiger partial charge in [-0.3, -0.25) is 0 Å². The van der Waals surface area contributed by atoms with Crippen molar-refractivity contribution in [2.24, 2.45) is 11.8 Å². The summed E-state index contributed by atoms with van der Waals surface area (Å²) in [6, 6.07) is 0. The maximum Gasteiger partial charge on any atom is 0.692 e. The van der Waals surface area contributed by atoms with Gasteiger partial charge in [0.05, 0.1) is 0 Å². The van der Waals surface area contributed by atoms with Gasteiger partial charge in [-0.2, -0.15) is 0 Å². The van der Waals surface area contributed by atoms with E-state index in [1.807, 2.05) is 0 Å². The zero-order valence-corrected chi connectivity index (χ0v) is 9.21. The molecule has 0 amide bonds. The summed E-state index contributed by atoms with van der Waals surface area (Å²) >= 11 is 0. The van der Waals surface area contributed by atoms with E-state index in [1.54, 1.807) is 0 Å². The van der Waals surface area contributed by atoms with Gasteiger partial charge in [-0.15, -0.1) is 9.79 Å². The van der Waals surface area contributed by atoms with E-state index in [9.17, 15) is 0 Å². The van der Waals surface area contributed by atoms with Gasteiger partial charge in [-0.05, 0) is 11.8 Å². The van der Waals surface area contributed by atoms with Crippen LogP contribution in [0.25, 0.3) is 0 Å². The van der Waals surface area contributed by atoms with Gasteiger partial charge in [0, 0.05) is 4.57 Å². The minimum absolute atomic E-state index is 0.917. The van der Waals surface area contributed by atoms with E-state index in [0.29, 0.717) is 0 Å². The van der Waals surface area contributed by atoms with Crippen molar-refractivity contribution in [3.05, 3.63) is 0 Å². The van der Waals surface area contributed by atoms with E-state index in [4.69, 9.17) is 14.4 Å². The van der Waals surface area contributed by atoms with Gasteiger partial charge in [0.15, 0.2) is 0 Å². The summed E-state index contributed by atoms with van der Waals surface area (Å²) in [4.78, 5) is 14.2. The number of hydrogen-bond acceptors (Lipinski definition) is 1. The van der Waals surface area contributed by atoms with Crippen LogP contribution in [0.15, 0.2) is 0 Å². The zero-order chi connectivity index (χ0) is 10.1. The first kappa shape index (κ1) is 14.5. The predicted octanol–water partition coefficient (Wildman–Crippen LogP) is 2.71. The average molecular weight is 195 g/mol.